The first-order valence-corrected chi connectivity index (χ1v) is 4.00. The lowest BCUT2D eigenvalue weighted by Crippen LogP contribution is -1.96. The smallest absolute Gasteiger partial charge is 0.254 e. The summed E-state index contributed by atoms with van der Waals surface area (Å²) < 4.78 is 1.73. The molecule has 0 atom stereocenters. The van der Waals surface area contributed by atoms with Gasteiger partial charge in [-0.1, -0.05) is 6.92 Å². The fourth-order valence-electron chi connectivity index (χ4n) is 1.15. The number of aromatic nitrogens is 4. The predicted octanol–water partition coefficient (Wildman–Crippen LogP) is 0.499. The van der Waals surface area contributed by atoms with E-state index in [0.29, 0.717) is 11.3 Å². The van der Waals surface area contributed by atoms with Gasteiger partial charge in [0.05, 0.1) is 0 Å². The Bertz CT molecular complexity index is 448. The van der Waals surface area contributed by atoms with E-state index >= 15 is 0 Å². The molecule has 0 fully saturated rings. The number of rotatable bonds is 2. The summed E-state index contributed by atoms with van der Waals surface area (Å²) in [5.41, 5.74) is 0.530. The van der Waals surface area contributed by atoms with Crippen LogP contribution < -0.4 is 0 Å². The van der Waals surface area contributed by atoms with Gasteiger partial charge >= 0.3 is 0 Å². The Hall–Kier alpha value is -1.78. The zero-order chi connectivity index (χ0) is 9.26. The van der Waals surface area contributed by atoms with Crippen molar-refractivity contribution < 1.29 is 4.79 Å². The van der Waals surface area contributed by atoms with Gasteiger partial charge in [-0.15, -0.1) is 10.2 Å². The van der Waals surface area contributed by atoms with Gasteiger partial charge in [-0.25, -0.2) is 4.98 Å². The van der Waals surface area contributed by atoms with Gasteiger partial charge < -0.3 is 0 Å². The van der Waals surface area contributed by atoms with E-state index in [9.17, 15) is 4.79 Å². The minimum absolute atomic E-state index is 0.530. The van der Waals surface area contributed by atoms with Crippen molar-refractivity contribution in [1.82, 2.24) is 19.6 Å². The number of hydrogen-bond acceptors (Lipinski definition) is 4. The van der Waals surface area contributed by atoms with E-state index < -0.39 is 0 Å². The minimum atomic E-state index is 0.530. The van der Waals surface area contributed by atoms with E-state index in [-0.39, 0.29) is 0 Å². The van der Waals surface area contributed by atoms with E-state index in [1.807, 2.05) is 6.92 Å². The highest BCUT2D eigenvalue weighted by Crippen LogP contribution is 2.02. The van der Waals surface area contributed by atoms with E-state index in [2.05, 4.69) is 15.2 Å². The van der Waals surface area contributed by atoms with Crippen molar-refractivity contribution in [1.29, 1.82) is 0 Å². The molecule has 2 heterocycles. The summed E-state index contributed by atoms with van der Waals surface area (Å²) >= 11 is 0. The molecule has 2 aromatic rings. The number of hydrogen-bond donors (Lipinski definition) is 0. The molecule has 0 saturated carbocycles. The molecule has 2 aromatic heterocycles. The van der Waals surface area contributed by atoms with Crippen molar-refractivity contribution in [3.63, 3.8) is 0 Å². The lowest BCUT2D eigenvalue weighted by molar-refractivity contribution is 0.112. The molecule has 0 spiro atoms. The van der Waals surface area contributed by atoms with Crippen molar-refractivity contribution >= 4 is 12.1 Å². The van der Waals surface area contributed by atoms with Gasteiger partial charge in [0, 0.05) is 24.4 Å². The number of nitrogens with zero attached hydrogens (tertiary/aromatic N) is 4. The maximum Gasteiger partial charge on any atom is 0.254 e. The molecule has 0 aliphatic heterocycles. The Morgan fingerprint density at radius 2 is 2.38 bits per heavy atom. The molecule has 0 bridgehead atoms. The summed E-state index contributed by atoms with van der Waals surface area (Å²) in [5.74, 6) is 1.34. The number of carbonyl (C=O) groups is 1. The highest BCUT2D eigenvalue weighted by molar-refractivity contribution is 5.73. The van der Waals surface area contributed by atoms with E-state index in [4.69, 9.17) is 0 Å². The lowest BCUT2D eigenvalue weighted by Gasteiger charge is -1.95. The van der Waals surface area contributed by atoms with Crippen LogP contribution in [-0.4, -0.2) is 25.9 Å². The second kappa shape index (κ2) is 2.93. The summed E-state index contributed by atoms with van der Waals surface area (Å²) in [6, 6.07) is 0. The van der Waals surface area contributed by atoms with Crippen LogP contribution in [-0.2, 0) is 6.42 Å². The van der Waals surface area contributed by atoms with Gasteiger partial charge in [0.25, 0.3) is 5.78 Å². The summed E-state index contributed by atoms with van der Waals surface area (Å²) in [6.45, 7) is 1.98. The first kappa shape index (κ1) is 7.85. The van der Waals surface area contributed by atoms with Crippen LogP contribution in [0.4, 0.5) is 0 Å². The second-order valence-electron chi connectivity index (χ2n) is 2.64. The van der Waals surface area contributed by atoms with E-state index in [1.165, 1.54) is 6.20 Å². The SMILES string of the molecule is CCc1nnc2ncc(C=O)cn12. The van der Waals surface area contributed by atoms with Gasteiger partial charge in [-0.3, -0.25) is 9.20 Å². The van der Waals surface area contributed by atoms with Crippen molar-refractivity contribution in [3.05, 3.63) is 23.8 Å². The molecule has 2 rings (SSSR count). The Morgan fingerprint density at radius 3 is 3.08 bits per heavy atom. The first-order chi connectivity index (χ1) is 6.35. The van der Waals surface area contributed by atoms with Gasteiger partial charge in [0.1, 0.15) is 5.82 Å². The van der Waals surface area contributed by atoms with Crippen LogP contribution in [0.3, 0.4) is 0 Å². The van der Waals surface area contributed by atoms with Crippen molar-refractivity contribution in [2.45, 2.75) is 13.3 Å². The van der Waals surface area contributed by atoms with Crippen LogP contribution in [0.1, 0.15) is 23.1 Å². The number of carbonyl (C=O) groups excluding carboxylic acids is 1. The molecular weight excluding hydrogens is 168 g/mol. The van der Waals surface area contributed by atoms with Crippen molar-refractivity contribution in [3.8, 4) is 0 Å². The lowest BCUT2D eigenvalue weighted by atomic mass is 10.4. The van der Waals surface area contributed by atoms with Crippen molar-refractivity contribution in [2.75, 3.05) is 0 Å². The average molecular weight is 176 g/mol. The third-order valence-electron chi connectivity index (χ3n) is 1.81. The maximum atomic E-state index is 10.5. The zero-order valence-electron chi connectivity index (χ0n) is 7.14. The molecule has 66 valence electrons. The molecule has 0 aromatic carbocycles. The Morgan fingerprint density at radius 1 is 1.54 bits per heavy atom. The molecule has 0 saturated heterocycles. The van der Waals surface area contributed by atoms with Gasteiger partial charge in [0.2, 0.25) is 0 Å². The molecule has 0 aliphatic carbocycles. The van der Waals surface area contributed by atoms with Gasteiger partial charge in [-0.2, -0.15) is 0 Å². The fourth-order valence-corrected chi connectivity index (χ4v) is 1.15. The quantitative estimate of drug-likeness (QED) is 0.625. The maximum absolute atomic E-state index is 10.5. The Balaban J connectivity index is 2.71. The molecule has 0 N–H and O–H groups in total. The summed E-state index contributed by atoms with van der Waals surface area (Å²) in [4.78, 5) is 14.5. The number of aryl methyl sites for hydroxylation is 1. The third kappa shape index (κ3) is 1.18. The largest absolute Gasteiger partial charge is 0.298 e. The second-order valence-corrected chi connectivity index (χ2v) is 2.64. The zero-order valence-corrected chi connectivity index (χ0v) is 7.14. The summed E-state index contributed by atoms with van der Waals surface area (Å²) in [5, 5.41) is 7.77. The summed E-state index contributed by atoms with van der Waals surface area (Å²) in [7, 11) is 0. The molecule has 0 unspecified atom stereocenters. The van der Waals surface area contributed by atoms with Crippen LogP contribution >= 0.6 is 0 Å². The number of fused-ring (bicyclic) bond motifs is 1. The minimum Gasteiger partial charge on any atom is -0.298 e. The normalized spacial score (nSPS) is 10.5. The average Bonchev–Trinajstić information content (AvgIpc) is 2.59. The van der Waals surface area contributed by atoms with Crippen LogP contribution in [0.25, 0.3) is 5.78 Å². The van der Waals surface area contributed by atoms with E-state index in [0.717, 1.165) is 18.5 Å². The van der Waals surface area contributed by atoms with Crippen LogP contribution in [0.2, 0.25) is 0 Å². The highest BCUT2D eigenvalue weighted by Gasteiger charge is 2.03. The molecule has 0 radical (unpaired) electrons. The van der Waals surface area contributed by atoms with Crippen molar-refractivity contribution in [2.24, 2.45) is 0 Å². The molecule has 5 heteroatoms. The molecule has 5 nitrogen and oxygen atoms in total. The fraction of sp³-hybridized carbons (Fsp3) is 0.250. The monoisotopic (exact) mass is 176 g/mol. The molecule has 0 amide bonds. The van der Waals surface area contributed by atoms with Crippen LogP contribution in [0, 0.1) is 0 Å². The van der Waals surface area contributed by atoms with Crippen LogP contribution in [0.15, 0.2) is 12.4 Å². The van der Waals surface area contributed by atoms with Crippen LogP contribution in [0.5, 0.6) is 0 Å². The van der Waals surface area contributed by atoms with Gasteiger partial charge in [0.15, 0.2) is 6.29 Å². The number of aldehydes is 1. The Labute approximate surface area is 74.4 Å². The topological polar surface area (TPSA) is 60.2 Å². The molecule has 13 heavy (non-hydrogen) atoms. The standard InChI is InChI=1S/C8H8N4O/c1-2-7-10-11-8-9-3-6(5-13)4-12(7)8/h3-5H,2H2,1H3. The highest BCUT2D eigenvalue weighted by atomic mass is 16.1. The first-order valence-electron chi connectivity index (χ1n) is 4.00. The van der Waals surface area contributed by atoms with Gasteiger partial charge in [-0.05, 0) is 0 Å². The van der Waals surface area contributed by atoms with E-state index in [1.54, 1.807) is 10.6 Å². The molecule has 0 aliphatic rings. The Kier molecular flexibility index (Phi) is 1.77. The molecular formula is C8H8N4O. The third-order valence-corrected chi connectivity index (χ3v) is 1.81. The predicted molar refractivity (Wildman–Crippen MR) is 45.5 cm³/mol. The summed E-state index contributed by atoms with van der Waals surface area (Å²) in [6.07, 6.45) is 4.70.